The number of benzene rings is 2. The van der Waals surface area contributed by atoms with Gasteiger partial charge in [0.05, 0.1) is 33.4 Å². The number of allylic oxidation sites excluding steroid dienone is 2. The van der Waals surface area contributed by atoms with E-state index >= 15 is 8.78 Å². The number of hydrogen-bond donors (Lipinski definition) is 4. The van der Waals surface area contributed by atoms with Crippen molar-refractivity contribution in [3.63, 3.8) is 0 Å². The van der Waals surface area contributed by atoms with Crippen LogP contribution >= 0.6 is 11.6 Å². The number of carbonyl (C=O) groups is 2. The van der Waals surface area contributed by atoms with Crippen LogP contribution in [0.1, 0.15) is 57.1 Å². The van der Waals surface area contributed by atoms with E-state index in [2.05, 4.69) is 32.6 Å². The molecule has 2 aromatic carbocycles. The Bertz CT molecular complexity index is 2390. The van der Waals surface area contributed by atoms with Crippen molar-refractivity contribution in [2.45, 2.75) is 64.5 Å². The van der Waals surface area contributed by atoms with Crippen molar-refractivity contribution in [2.24, 2.45) is 35.5 Å². The number of nitrogens with one attached hydrogen (secondary N) is 2. The number of alkyl halides is 4. The fraction of sp³-hybridized carbons (Fsp3) is 0.375. The normalized spacial score (nSPS) is 19.4. The van der Waals surface area contributed by atoms with Crippen LogP contribution in [0.15, 0.2) is 58.7 Å². The number of aliphatic hydroxyl groups is 1. The van der Waals surface area contributed by atoms with Crippen molar-refractivity contribution in [1.82, 2.24) is 20.1 Å². The molecule has 0 aliphatic heterocycles. The lowest BCUT2D eigenvalue weighted by Crippen LogP contribution is -2.35. The number of nitrogens with zero attached hydrogens (tertiary/aromatic N) is 4. The van der Waals surface area contributed by atoms with Gasteiger partial charge >= 0.3 is 0 Å². The zero-order valence-corrected chi connectivity index (χ0v) is 32.1. The molecule has 300 valence electrons. The summed E-state index contributed by atoms with van der Waals surface area (Å²) in [5, 5.41) is 20.9. The van der Waals surface area contributed by atoms with Crippen LogP contribution in [0.2, 0.25) is 5.02 Å². The fourth-order valence-electron chi connectivity index (χ4n) is 6.87. The molecule has 4 aromatic rings. The largest absolute Gasteiger partial charge is 0.397 e. The lowest BCUT2D eigenvalue weighted by Gasteiger charge is -2.23. The Kier molecular flexibility index (Phi) is 11.2. The highest BCUT2D eigenvalue weighted by Crippen LogP contribution is 2.62. The maximum atomic E-state index is 15.3. The van der Waals surface area contributed by atoms with Crippen LogP contribution in [0.4, 0.5) is 32.2 Å². The maximum absolute atomic E-state index is 15.3. The second-order valence-electron chi connectivity index (χ2n) is 14.9. The van der Waals surface area contributed by atoms with Crippen LogP contribution in [-0.2, 0) is 23.1 Å². The van der Waals surface area contributed by atoms with Gasteiger partial charge in [0.15, 0.2) is 5.82 Å². The van der Waals surface area contributed by atoms with Crippen molar-refractivity contribution in [2.75, 3.05) is 11.9 Å². The molecule has 2 saturated carbocycles. The van der Waals surface area contributed by atoms with Gasteiger partial charge in [-0.2, -0.15) is 13.9 Å². The SMILES string of the molecule is CC(C)C(=O)Nc1nn(C)c2c(-c3ccc(C#CC(C)(C)O)nc3[C@H](Cc3cc(F)cc(F)c3)NC(=O)CN=C3C(=C(N)C(F)F)[C@H]4C[C@H]4C3(F)F)ccc(Cl)c12. The summed E-state index contributed by atoms with van der Waals surface area (Å²) < 4.78 is 88.3. The number of aliphatic imine (C=N–C) groups is 1. The first-order valence-corrected chi connectivity index (χ1v) is 18.2. The second-order valence-corrected chi connectivity index (χ2v) is 15.3. The molecule has 0 bridgehead atoms. The Labute approximate surface area is 328 Å². The molecule has 0 unspecified atom stereocenters. The van der Waals surface area contributed by atoms with Crippen molar-refractivity contribution in [1.29, 1.82) is 0 Å². The first-order chi connectivity index (χ1) is 26.7. The molecule has 2 aromatic heterocycles. The molecule has 0 spiro atoms. The predicted molar refractivity (Wildman–Crippen MR) is 203 cm³/mol. The number of nitrogens with two attached hydrogens (primary N) is 1. The van der Waals surface area contributed by atoms with Crippen LogP contribution < -0.4 is 16.4 Å². The Morgan fingerprint density at radius 2 is 1.79 bits per heavy atom. The molecule has 57 heavy (non-hydrogen) atoms. The number of halogens is 7. The predicted octanol–water partition coefficient (Wildman–Crippen LogP) is 6.89. The van der Waals surface area contributed by atoms with Gasteiger partial charge in [0.1, 0.15) is 35.2 Å². The molecule has 2 amide bonds. The average molecular weight is 814 g/mol. The van der Waals surface area contributed by atoms with E-state index in [9.17, 15) is 32.3 Å². The average Bonchev–Trinajstić information content (AvgIpc) is 3.80. The number of pyridine rings is 1. The van der Waals surface area contributed by atoms with Gasteiger partial charge in [0, 0.05) is 41.6 Å². The minimum absolute atomic E-state index is 0.0470. The van der Waals surface area contributed by atoms with Crippen molar-refractivity contribution < 1.29 is 41.0 Å². The molecule has 10 nitrogen and oxygen atoms in total. The van der Waals surface area contributed by atoms with Crippen LogP contribution in [0.25, 0.3) is 22.0 Å². The Balaban J connectivity index is 1.50. The molecular weight excluding hydrogens is 776 g/mol. The van der Waals surface area contributed by atoms with E-state index in [1.54, 1.807) is 39.1 Å². The highest BCUT2D eigenvalue weighted by atomic mass is 35.5. The summed E-state index contributed by atoms with van der Waals surface area (Å²) in [5.74, 6) is -3.67. The quantitative estimate of drug-likeness (QED) is 0.101. The van der Waals surface area contributed by atoms with Crippen LogP contribution in [0.5, 0.6) is 0 Å². The van der Waals surface area contributed by atoms with E-state index < -0.39 is 82.8 Å². The van der Waals surface area contributed by atoms with E-state index in [-0.39, 0.29) is 46.5 Å². The standard InChI is InChI=1S/C40H38ClF6N7O3/c1-18(2)38(56)52-37-31-27(41)9-8-24(34(31)54(5)53-37)23-7-6-22(10-11-39(3,4)57)50-33(23)28(14-19-12-20(42)15-21(43)13-19)51-29(55)17-49-35-30(32(48)36(44)45)25-16-26(25)40(35,46)47/h6-9,12-13,15,18,25-26,28,36,57H,14,16-17,48H2,1-5H3,(H,51,55)(H,52,53,56)/t25-,26+,28-/m0/s1. The molecule has 3 atom stereocenters. The lowest BCUT2D eigenvalue weighted by molar-refractivity contribution is -0.120. The number of aromatic nitrogens is 3. The summed E-state index contributed by atoms with van der Waals surface area (Å²) in [6.07, 6.45) is -3.57. The third-order valence-corrected chi connectivity index (χ3v) is 9.88. The van der Waals surface area contributed by atoms with Gasteiger partial charge in [0.2, 0.25) is 11.8 Å². The number of rotatable bonds is 10. The van der Waals surface area contributed by atoms with Gasteiger partial charge in [-0.05, 0) is 74.4 Å². The first kappa shape index (κ1) is 41.2. The van der Waals surface area contributed by atoms with Gasteiger partial charge in [-0.25, -0.2) is 22.5 Å². The van der Waals surface area contributed by atoms with Gasteiger partial charge in [-0.15, -0.1) is 0 Å². The number of carbonyl (C=O) groups excluding carboxylic acids is 2. The van der Waals surface area contributed by atoms with Gasteiger partial charge < -0.3 is 21.5 Å². The number of hydrogen-bond acceptors (Lipinski definition) is 7. The zero-order valence-electron chi connectivity index (χ0n) is 31.3. The molecule has 2 aliphatic carbocycles. The maximum Gasteiger partial charge on any atom is 0.292 e. The highest BCUT2D eigenvalue weighted by Gasteiger charge is 2.67. The van der Waals surface area contributed by atoms with Crippen molar-refractivity contribution in [3.05, 3.63) is 87.3 Å². The molecule has 2 fully saturated rings. The number of amides is 2. The third kappa shape index (κ3) is 8.64. The van der Waals surface area contributed by atoms with Crippen molar-refractivity contribution in [3.8, 4) is 23.0 Å². The molecule has 0 saturated heterocycles. The molecule has 2 aliphatic rings. The van der Waals surface area contributed by atoms with Gasteiger partial charge in [-0.1, -0.05) is 37.4 Å². The number of anilines is 1. The summed E-state index contributed by atoms with van der Waals surface area (Å²) in [7, 11) is 1.61. The van der Waals surface area contributed by atoms with E-state index in [0.29, 0.717) is 28.1 Å². The molecule has 5 N–H and O–H groups in total. The minimum atomic E-state index is -3.60. The molecule has 0 radical (unpaired) electrons. The molecule has 6 rings (SSSR count). The smallest absolute Gasteiger partial charge is 0.292 e. The molecule has 17 heteroatoms. The van der Waals surface area contributed by atoms with E-state index in [4.69, 9.17) is 22.3 Å². The van der Waals surface area contributed by atoms with E-state index in [0.717, 1.165) is 12.1 Å². The summed E-state index contributed by atoms with van der Waals surface area (Å²) in [6, 6.07) is 7.83. The summed E-state index contributed by atoms with van der Waals surface area (Å²) in [5.41, 5.74) is 3.08. The highest BCUT2D eigenvalue weighted by molar-refractivity contribution is 6.37. The molecular formula is C40H38ClF6N7O3. The number of aryl methyl sites for hydroxylation is 1. The summed E-state index contributed by atoms with van der Waals surface area (Å²) in [6.45, 7) is 5.36. The monoisotopic (exact) mass is 813 g/mol. The van der Waals surface area contributed by atoms with Gasteiger partial charge in [0.25, 0.3) is 12.3 Å². The van der Waals surface area contributed by atoms with E-state index in [1.165, 1.54) is 24.6 Å². The van der Waals surface area contributed by atoms with Gasteiger partial charge in [-0.3, -0.25) is 19.3 Å². The lowest BCUT2D eigenvalue weighted by atomic mass is 9.93. The van der Waals surface area contributed by atoms with E-state index in [1.807, 2.05) is 0 Å². The third-order valence-electron chi connectivity index (χ3n) is 9.57. The summed E-state index contributed by atoms with van der Waals surface area (Å²) in [4.78, 5) is 35.0. The van der Waals surface area contributed by atoms with Crippen LogP contribution in [-0.4, -0.2) is 61.9 Å². The Hall–Kier alpha value is -5.40. The Morgan fingerprint density at radius 1 is 1.12 bits per heavy atom. The zero-order chi connectivity index (χ0) is 41.7. The first-order valence-electron chi connectivity index (χ1n) is 17.8. The topological polar surface area (TPSA) is 148 Å². The Morgan fingerprint density at radius 3 is 2.42 bits per heavy atom. The van der Waals surface area contributed by atoms with Crippen LogP contribution in [0.3, 0.4) is 0 Å². The fourth-order valence-corrected chi connectivity index (χ4v) is 7.12. The van der Waals surface area contributed by atoms with Crippen molar-refractivity contribution >= 4 is 45.8 Å². The second kappa shape index (κ2) is 15.5. The minimum Gasteiger partial charge on any atom is -0.397 e. The molecule has 2 heterocycles. The van der Waals surface area contributed by atoms with Crippen LogP contribution in [0, 0.1) is 41.2 Å². The number of fused-ring (bicyclic) bond motifs is 2. The summed E-state index contributed by atoms with van der Waals surface area (Å²) >= 11 is 6.67.